The van der Waals surface area contributed by atoms with E-state index in [0.29, 0.717) is 12.5 Å². The molecule has 1 aliphatic carbocycles. The van der Waals surface area contributed by atoms with Crippen LogP contribution in [0.1, 0.15) is 63.4 Å². The van der Waals surface area contributed by atoms with Gasteiger partial charge in [0.25, 0.3) is 0 Å². The van der Waals surface area contributed by atoms with Crippen LogP contribution in [0.5, 0.6) is 0 Å². The normalized spacial score (nSPS) is 15.7. The van der Waals surface area contributed by atoms with E-state index in [9.17, 15) is 0 Å². The summed E-state index contributed by atoms with van der Waals surface area (Å²) in [6.45, 7) is 6.61. The van der Waals surface area contributed by atoms with Gasteiger partial charge in [0.05, 0.1) is 6.61 Å². The number of rotatable bonds is 8. The molecule has 1 aliphatic rings. The molecule has 1 saturated carbocycles. The van der Waals surface area contributed by atoms with Crippen molar-refractivity contribution < 1.29 is 4.74 Å². The number of ether oxygens (including phenoxy) is 1. The predicted octanol–water partition coefficient (Wildman–Crippen LogP) is 3.54. The summed E-state index contributed by atoms with van der Waals surface area (Å²) in [7, 11) is 0. The SMILES string of the molecule is CCCNc1cc(C2CCCC2)nc(CCOCC)n1. The molecule has 0 aliphatic heterocycles. The summed E-state index contributed by atoms with van der Waals surface area (Å²) >= 11 is 0. The molecule has 4 nitrogen and oxygen atoms in total. The second-order valence-electron chi connectivity index (χ2n) is 5.45. The van der Waals surface area contributed by atoms with Crippen LogP contribution >= 0.6 is 0 Å². The lowest BCUT2D eigenvalue weighted by atomic mass is 10.0. The molecule has 0 amide bonds. The number of nitrogens with zero attached hydrogens (tertiary/aromatic N) is 2. The summed E-state index contributed by atoms with van der Waals surface area (Å²) in [4.78, 5) is 9.38. The van der Waals surface area contributed by atoms with Crippen molar-refractivity contribution in [2.75, 3.05) is 25.1 Å². The van der Waals surface area contributed by atoms with Gasteiger partial charge in [-0.25, -0.2) is 9.97 Å². The Balaban J connectivity index is 2.09. The minimum absolute atomic E-state index is 0.631. The van der Waals surface area contributed by atoms with Gasteiger partial charge >= 0.3 is 0 Å². The molecule has 112 valence electrons. The Morgan fingerprint density at radius 3 is 2.75 bits per heavy atom. The van der Waals surface area contributed by atoms with E-state index in [1.54, 1.807) is 0 Å². The van der Waals surface area contributed by atoms with Crippen molar-refractivity contribution in [3.05, 3.63) is 17.6 Å². The lowest BCUT2D eigenvalue weighted by Gasteiger charge is -2.13. The van der Waals surface area contributed by atoms with Crippen LogP contribution in [0.25, 0.3) is 0 Å². The van der Waals surface area contributed by atoms with Gasteiger partial charge in [0.1, 0.15) is 11.6 Å². The third-order valence-electron chi connectivity index (χ3n) is 3.80. The van der Waals surface area contributed by atoms with Crippen LogP contribution in [-0.2, 0) is 11.2 Å². The fourth-order valence-electron chi connectivity index (χ4n) is 2.71. The van der Waals surface area contributed by atoms with Gasteiger partial charge in [-0.05, 0) is 26.2 Å². The molecule has 1 heterocycles. The van der Waals surface area contributed by atoms with Gasteiger partial charge in [-0.1, -0.05) is 19.8 Å². The molecule has 0 aromatic carbocycles. The Bertz CT molecular complexity index is 403. The van der Waals surface area contributed by atoms with Crippen LogP contribution in [0.3, 0.4) is 0 Å². The topological polar surface area (TPSA) is 47.0 Å². The summed E-state index contributed by atoms with van der Waals surface area (Å²) in [6, 6.07) is 2.15. The quantitative estimate of drug-likeness (QED) is 0.738. The zero-order valence-corrected chi connectivity index (χ0v) is 12.8. The van der Waals surface area contributed by atoms with Crippen LogP contribution in [0.2, 0.25) is 0 Å². The molecule has 20 heavy (non-hydrogen) atoms. The maximum atomic E-state index is 5.42. The van der Waals surface area contributed by atoms with Crippen molar-refractivity contribution in [2.45, 2.75) is 58.3 Å². The molecule has 1 fully saturated rings. The van der Waals surface area contributed by atoms with E-state index in [-0.39, 0.29) is 0 Å². The molecule has 4 heteroatoms. The van der Waals surface area contributed by atoms with Crippen LogP contribution in [0.4, 0.5) is 5.82 Å². The Kier molecular flexibility index (Phi) is 6.25. The maximum absolute atomic E-state index is 5.42. The molecular formula is C16H27N3O. The zero-order valence-electron chi connectivity index (χ0n) is 12.8. The minimum atomic E-state index is 0.631. The first-order chi connectivity index (χ1) is 9.83. The van der Waals surface area contributed by atoms with E-state index in [4.69, 9.17) is 9.72 Å². The van der Waals surface area contributed by atoms with Crippen molar-refractivity contribution in [1.29, 1.82) is 0 Å². The summed E-state index contributed by atoms with van der Waals surface area (Å²) in [6.07, 6.45) is 7.12. The van der Waals surface area contributed by atoms with Crippen molar-refractivity contribution >= 4 is 5.82 Å². The first-order valence-electron chi connectivity index (χ1n) is 8.03. The van der Waals surface area contributed by atoms with Gasteiger partial charge in [0.15, 0.2) is 0 Å². The lowest BCUT2D eigenvalue weighted by Crippen LogP contribution is -2.10. The summed E-state index contributed by atoms with van der Waals surface area (Å²) in [5.74, 6) is 2.53. The lowest BCUT2D eigenvalue weighted by molar-refractivity contribution is 0.149. The van der Waals surface area contributed by atoms with Crippen molar-refractivity contribution in [3.63, 3.8) is 0 Å². The third-order valence-corrected chi connectivity index (χ3v) is 3.80. The van der Waals surface area contributed by atoms with Gasteiger partial charge in [-0.3, -0.25) is 0 Å². The van der Waals surface area contributed by atoms with E-state index in [1.807, 2.05) is 6.92 Å². The van der Waals surface area contributed by atoms with Gasteiger partial charge in [-0.15, -0.1) is 0 Å². The minimum Gasteiger partial charge on any atom is -0.381 e. The molecular weight excluding hydrogens is 250 g/mol. The van der Waals surface area contributed by atoms with E-state index in [0.717, 1.165) is 37.6 Å². The molecule has 2 rings (SSSR count). The van der Waals surface area contributed by atoms with E-state index in [1.165, 1.54) is 31.4 Å². The summed E-state index contributed by atoms with van der Waals surface area (Å²) in [5.41, 5.74) is 1.22. The van der Waals surface area contributed by atoms with E-state index < -0.39 is 0 Å². The highest BCUT2D eigenvalue weighted by atomic mass is 16.5. The largest absolute Gasteiger partial charge is 0.381 e. The molecule has 0 atom stereocenters. The van der Waals surface area contributed by atoms with Crippen LogP contribution in [-0.4, -0.2) is 29.7 Å². The molecule has 1 aromatic rings. The molecule has 0 saturated heterocycles. The Morgan fingerprint density at radius 1 is 1.25 bits per heavy atom. The number of aromatic nitrogens is 2. The van der Waals surface area contributed by atoms with Crippen molar-refractivity contribution in [2.24, 2.45) is 0 Å². The monoisotopic (exact) mass is 277 g/mol. The summed E-state index contributed by atoms with van der Waals surface area (Å²) < 4.78 is 5.42. The standard InChI is InChI=1S/C16H27N3O/c1-3-10-17-16-12-14(13-7-5-6-8-13)18-15(19-16)9-11-20-4-2/h12-13H,3-11H2,1-2H3,(H,17,18,19). The number of anilines is 1. The maximum Gasteiger partial charge on any atom is 0.133 e. The smallest absolute Gasteiger partial charge is 0.133 e. The third kappa shape index (κ3) is 4.44. The zero-order chi connectivity index (χ0) is 14.2. The second kappa shape index (κ2) is 8.20. The number of hydrogen-bond acceptors (Lipinski definition) is 4. The second-order valence-corrected chi connectivity index (χ2v) is 5.45. The highest BCUT2D eigenvalue weighted by Gasteiger charge is 2.19. The van der Waals surface area contributed by atoms with Crippen LogP contribution in [0.15, 0.2) is 6.07 Å². The van der Waals surface area contributed by atoms with Crippen molar-refractivity contribution in [1.82, 2.24) is 9.97 Å². The Labute approximate surface area is 122 Å². The average Bonchev–Trinajstić information content (AvgIpc) is 2.99. The first-order valence-corrected chi connectivity index (χ1v) is 8.03. The van der Waals surface area contributed by atoms with Gasteiger partial charge in [0.2, 0.25) is 0 Å². The fourth-order valence-corrected chi connectivity index (χ4v) is 2.71. The predicted molar refractivity (Wildman–Crippen MR) is 82.2 cm³/mol. The molecule has 0 unspecified atom stereocenters. The van der Waals surface area contributed by atoms with Gasteiger partial charge < -0.3 is 10.1 Å². The van der Waals surface area contributed by atoms with Gasteiger partial charge in [-0.2, -0.15) is 0 Å². The van der Waals surface area contributed by atoms with Crippen LogP contribution < -0.4 is 5.32 Å². The number of nitrogens with one attached hydrogen (secondary N) is 1. The summed E-state index contributed by atoms with van der Waals surface area (Å²) in [5, 5.41) is 3.40. The number of hydrogen-bond donors (Lipinski definition) is 1. The highest BCUT2D eigenvalue weighted by Crippen LogP contribution is 2.33. The van der Waals surface area contributed by atoms with Crippen LogP contribution in [0, 0.1) is 0 Å². The highest BCUT2D eigenvalue weighted by molar-refractivity contribution is 5.37. The first kappa shape index (κ1) is 15.2. The molecule has 0 radical (unpaired) electrons. The van der Waals surface area contributed by atoms with E-state index in [2.05, 4.69) is 23.3 Å². The molecule has 1 aromatic heterocycles. The van der Waals surface area contributed by atoms with Gasteiger partial charge in [0, 0.05) is 37.3 Å². The van der Waals surface area contributed by atoms with E-state index >= 15 is 0 Å². The molecule has 0 spiro atoms. The van der Waals surface area contributed by atoms with Crippen molar-refractivity contribution in [3.8, 4) is 0 Å². The molecule has 1 N–H and O–H groups in total. The Hall–Kier alpha value is -1.16. The molecule has 0 bridgehead atoms. The Morgan fingerprint density at radius 2 is 2.05 bits per heavy atom. The average molecular weight is 277 g/mol. The fraction of sp³-hybridized carbons (Fsp3) is 0.750.